The molecule has 0 unspecified atom stereocenters. The number of nitrogens with two attached hydrogens (primary N) is 1. The number of nitro benzene ring substituents is 1. The van der Waals surface area contributed by atoms with Crippen molar-refractivity contribution in [3.63, 3.8) is 0 Å². The lowest BCUT2D eigenvalue weighted by Crippen LogP contribution is -2.45. The number of carbonyl (C=O) groups is 1. The van der Waals surface area contributed by atoms with Crippen LogP contribution < -0.4 is 11.1 Å². The van der Waals surface area contributed by atoms with E-state index in [1.54, 1.807) is 0 Å². The summed E-state index contributed by atoms with van der Waals surface area (Å²) < 4.78 is 0. The molecule has 0 fully saturated rings. The van der Waals surface area contributed by atoms with Gasteiger partial charge in [0.25, 0.3) is 5.69 Å². The number of anilines is 1. The first-order valence-electron chi connectivity index (χ1n) is 5.92. The lowest BCUT2D eigenvalue weighted by molar-refractivity contribution is -0.384. The first kappa shape index (κ1) is 15.6. The van der Waals surface area contributed by atoms with E-state index in [-0.39, 0.29) is 16.9 Å². The molecule has 1 aromatic carbocycles. The van der Waals surface area contributed by atoms with Gasteiger partial charge in [-0.05, 0) is 11.5 Å². The normalized spacial score (nSPS) is 12.3. The zero-order valence-electron chi connectivity index (χ0n) is 11.5. The summed E-state index contributed by atoms with van der Waals surface area (Å²) in [6, 6.07) is 4.71. The van der Waals surface area contributed by atoms with Crippen molar-refractivity contribution in [2.24, 2.45) is 11.1 Å². The van der Waals surface area contributed by atoms with Gasteiger partial charge in [-0.1, -0.05) is 20.8 Å². The van der Waals surface area contributed by atoms with Gasteiger partial charge < -0.3 is 11.1 Å². The number of benzene rings is 1. The Balaban J connectivity index is 3.02. The molecule has 106 valence electrons. The molecular weight excluding hydrogens is 260 g/mol. The Hall–Kier alpha value is -2.46. The number of rotatable bonds is 3. The molecule has 0 saturated heterocycles. The number of nitriles is 1. The predicted molar refractivity (Wildman–Crippen MR) is 73.9 cm³/mol. The summed E-state index contributed by atoms with van der Waals surface area (Å²) in [7, 11) is 0. The van der Waals surface area contributed by atoms with Crippen molar-refractivity contribution in [2.45, 2.75) is 26.8 Å². The van der Waals surface area contributed by atoms with E-state index in [9.17, 15) is 14.9 Å². The molecule has 0 bridgehead atoms. The fraction of sp³-hybridized carbons (Fsp3) is 0.385. The summed E-state index contributed by atoms with van der Waals surface area (Å²) in [6.45, 7) is 5.45. The minimum atomic E-state index is -0.760. The maximum atomic E-state index is 12.0. The molecule has 1 aromatic rings. The third-order valence-electron chi connectivity index (χ3n) is 2.81. The highest BCUT2D eigenvalue weighted by atomic mass is 16.6. The summed E-state index contributed by atoms with van der Waals surface area (Å²) in [5.74, 6) is -0.442. The van der Waals surface area contributed by atoms with E-state index < -0.39 is 22.3 Å². The summed E-state index contributed by atoms with van der Waals surface area (Å²) >= 11 is 0. The molecule has 3 N–H and O–H groups in total. The number of amides is 1. The Kier molecular flexibility index (Phi) is 4.42. The third kappa shape index (κ3) is 3.52. The van der Waals surface area contributed by atoms with Crippen molar-refractivity contribution in [1.29, 1.82) is 5.26 Å². The second kappa shape index (κ2) is 5.67. The fourth-order valence-corrected chi connectivity index (χ4v) is 1.45. The zero-order valence-corrected chi connectivity index (χ0v) is 11.5. The van der Waals surface area contributed by atoms with Crippen LogP contribution in [0.15, 0.2) is 18.2 Å². The van der Waals surface area contributed by atoms with Gasteiger partial charge in [-0.3, -0.25) is 14.9 Å². The average Bonchev–Trinajstić information content (AvgIpc) is 2.36. The van der Waals surface area contributed by atoms with Crippen LogP contribution in [-0.4, -0.2) is 16.9 Å². The number of hydrogen-bond donors (Lipinski definition) is 2. The van der Waals surface area contributed by atoms with Gasteiger partial charge in [0.2, 0.25) is 5.91 Å². The SMILES string of the molecule is CC(C)(C)[C@@H](N)C(=O)Nc1ccc([N+](=O)[O-])cc1C#N. The third-order valence-corrected chi connectivity index (χ3v) is 2.81. The highest BCUT2D eigenvalue weighted by Crippen LogP contribution is 2.23. The highest BCUT2D eigenvalue weighted by molar-refractivity contribution is 5.96. The van der Waals surface area contributed by atoms with E-state index >= 15 is 0 Å². The maximum Gasteiger partial charge on any atom is 0.270 e. The van der Waals surface area contributed by atoms with Gasteiger partial charge in [0.15, 0.2) is 0 Å². The predicted octanol–water partition coefficient (Wildman–Crippen LogP) is 1.78. The van der Waals surface area contributed by atoms with Crippen LogP contribution in [0.2, 0.25) is 0 Å². The number of nitrogens with one attached hydrogen (secondary N) is 1. The van der Waals surface area contributed by atoms with Crippen molar-refractivity contribution in [3.8, 4) is 6.07 Å². The Morgan fingerprint density at radius 3 is 2.55 bits per heavy atom. The van der Waals surface area contributed by atoms with E-state index in [4.69, 9.17) is 11.0 Å². The van der Waals surface area contributed by atoms with Crippen LogP contribution in [0.1, 0.15) is 26.3 Å². The van der Waals surface area contributed by atoms with E-state index in [1.165, 1.54) is 12.1 Å². The van der Waals surface area contributed by atoms with Gasteiger partial charge in [0, 0.05) is 12.1 Å². The fourth-order valence-electron chi connectivity index (χ4n) is 1.45. The van der Waals surface area contributed by atoms with E-state index in [1.807, 2.05) is 26.8 Å². The standard InChI is InChI=1S/C13H16N4O3/c1-13(2,3)11(15)12(18)16-10-5-4-9(17(19)20)6-8(10)7-14/h4-6,11H,15H2,1-3H3,(H,16,18)/t11-/m0/s1. The molecule has 0 saturated carbocycles. The maximum absolute atomic E-state index is 12.0. The van der Waals surface area contributed by atoms with Crippen molar-refractivity contribution in [3.05, 3.63) is 33.9 Å². The summed E-state index contributed by atoms with van der Waals surface area (Å²) in [5, 5.41) is 22.1. The molecule has 0 aliphatic rings. The molecule has 0 aliphatic carbocycles. The molecule has 1 atom stereocenters. The number of hydrogen-bond acceptors (Lipinski definition) is 5. The van der Waals surface area contributed by atoms with E-state index in [0.717, 1.165) is 6.07 Å². The van der Waals surface area contributed by atoms with E-state index in [2.05, 4.69) is 5.32 Å². The summed E-state index contributed by atoms with van der Waals surface area (Å²) in [6.07, 6.45) is 0. The van der Waals surface area contributed by atoms with Crippen LogP contribution in [0.5, 0.6) is 0 Å². The molecule has 20 heavy (non-hydrogen) atoms. The van der Waals surface area contributed by atoms with Crippen molar-refractivity contribution in [1.82, 2.24) is 0 Å². The van der Waals surface area contributed by atoms with Crippen LogP contribution in [0.4, 0.5) is 11.4 Å². The first-order valence-corrected chi connectivity index (χ1v) is 5.92. The van der Waals surface area contributed by atoms with Crippen LogP contribution in [0, 0.1) is 26.9 Å². The zero-order chi connectivity index (χ0) is 15.5. The van der Waals surface area contributed by atoms with Crippen molar-refractivity contribution < 1.29 is 9.72 Å². The number of carbonyl (C=O) groups excluding carboxylic acids is 1. The van der Waals surface area contributed by atoms with Gasteiger partial charge in [0.05, 0.1) is 22.2 Å². The number of non-ortho nitro benzene ring substituents is 1. The second-order valence-electron chi connectivity index (χ2n) is 5.43. The summed E-state index contributed by atoms with van der Waals surface area (Å²) in [5.41, 5.74) is 5.40. The molecule has 0 heterocycles. The van der Waals surface area contributed by atoms with Crippen LogP contribution >= 0.6 is 0 Å². The van der Waals surface area contributed by atoms with Gasteiger partial charge >= 0.3 is 0 Å². The van der Waals surface area contributed by atoms with Crippen LogP contribution in [0.3, 0.4) is 0 Å². The molecule has 1 amide bonds. The minimum absolute atomic E-state index is 0.0219. The molecule has 0 radical (unpaired) electrons. The first-order chi connectivity index (χ1) is 9.16. The van der Waals surface area contributed by atoms with E-state index in [0.29, 0.717) is 0 Å². The molecule has 0 aliphatic heterocycles. The molecule has 0 aromatic heterocycles. The lowest BCUT2D eigenvalue weighted by atomic mass is 9.87. The lowest BCUT2D eigenvalue weighted by Gasteiger charge is -2.25. The molecule has 1 rings (SSSR count). The Morgan fingerprint density at radius 2 is 2.10 bits per heavy atom. The molecule has 7 heteroatoms. The monoisotopic (exact) mass is 276 g/mol. The smallest absolute Gasteiger partial charge is 0.270 e. The number of nitro groups is 1. The Bertz CT molecular complexity index is 584. The van der Waals surface area contributed by atoms with Gasteiger partial charge in [-0.2, -0.15) is 5.26 Å². The van der Waals surface area contributed by atoms with Crippen molar-refractivity contribution in [2.75, 3.05) is 5.32 Å². The van der Waals surface area contributed by atoms with Gasteiger partial charge in [-0.15, -0.1) is 0 Å². The van der Waals surface area contributed by atoms with Gasteiger partial charge in [-0.25, -0.2) is 0 Å². The van der Waals surface area contributed by atoms with Gasteiger partial charge in [0.1, 0.15) is 6.07 Å². The molecule has 0 spiro atoms. The average molecular weight is 276 g/mol. The van der Waals surface area contributed by atoms with Crippen LogP contribution in [-0.2, 0) is 4.79 Å². The Morgan fingerprint density at radius 1 is 1.50 bits per heavy atom. The van der Waals surface area contributed by atoms with Crippen LogP contribution in [0.25, 0.3) is 0 Å². The summed E-state index contributed by atoms with van der Waals surface area (Å²) in [4.78, 5) is 22.0. The highest BCUT2D eigenvalue weighted by Gasteiger charge is 2.28. The minimum Gasteiger partial charge on any atom is -0.324 e. The molecular formula is C13H16N4O3. The molecule has 7 nitrogen and oxygen atoms in total. The topological polar surface area (TPSA) is 122 Å². The quantitative estimate of drug-likeness (QED) is 0.643. The largest absolute Gasteiger partial charge is 0.324 e. The Labute approximate surface area is 116 Å². The second-order valence-corrected chi connectivity index (χ2v) is 5.43. The number of nitrogens with zero attached hydrogens (tertiary/aromatic N) is 2. The van der Waals surface area contributed by atoms with Crippen molar-refractivity contribution >= 4 is 17.3 Å².